The Balaban J connectivity index is 4.16. The van der Waals surface area contributed by atoms with E-state index in [2.05, 4.69) is 45.9 Å². The van der Waals surface area contributed by atoms with Gasteiger partial charge in [0.2, 0.25) is 0 Å². The third-order valence-corrected chi connectivity index (χ3v) is 4.80. The van der Waals surface area contributed by atoms with Crippen LogP contribution < -0.4 is 0 Å². The van der Waals surface area contributed by atoms with Crippen molar-refractivity contribution < 1.29 is 13.3 Å². The first-order chi connectivity index (χ1) is 7.64. The summed E-state index contributed by atoms with van der Waals surface area (Å²) >= 11 is 0. The Bertz CT molecular complexity index is 205. The highest BCUT2D eigenvalue weighted by atomic mass is 28.4. The standard InChI is InChI=1S/C11H28O3Si3/c1-8-9-15-12-10-11(13-16(2,3)4)14-17(5,6)7/h8,11H,1,9-10,15H2,2-7H3. The molecule has 0 aliphatic carbocycles. The third kappa shape index (κ3) is 12.5. The highest BCUT2D eigenvalue weighted by Gasteiger charge is 2.26. The zero-order valence-corrected chi connectivity index (χ0v) is 15.6. The van der Waals surface area contributed by atoms with Crippen LogP contribution in [0.3, 0.4) is 0 Å². The Labute approximate surface area is 111 Å². The number of hydrogen-bond acceptors (Lipinski definition) is 3. The van der Waals surface area contributed by atoms with Crippen LogP contribution in [0.2, 0.25) is 45.3 Å². The second-order valence-electron chi connectivity index (χ2n) is 6.04. The summed E-state index contributed by atoms with van der Waals surface area (Å²) in [5, 5.41) is 0. The molecule has 0 radical (unpaired) electrons. The smallest absolute Gasteiger partial charge is 0.187 e. The molecule has 0 rings (SSSR count). The average molecular weight is 293 g/mol. The topological polar surface area (TPSA) is 27.7 Å². The van der Waals surface area contributed by atoms with Crippen LogP contribution in [0.5, 0.6) is 0 Å². The molecule has 0 aromatic rings. The highest BCUT2D eigenvalue weighted by molar-refractivity contribution is 6.70. The molecule has 0 atom stereocenters. The van der Waals surface area contributed by atoms with Gasteiger partial charge in [0.05, 0.1) is 6.61 Å². The first kappa shape index (κ1) is 17.3. The molecule has 102 valence electrons. The molecule has 0 N–H and O–H groups in total. The van der Waals surface area contributed by atoms with Crippen molar-refractivity contribution in [1.29, 1.82) is 0 Å². The second kappa shape index (κ2) is 7.65. The minimum Gasteiger partial charge on any atom is -0.419 e. The van der Waals surface area contributed by atoms with Crippen molar-refractivity contribution in [3.63, 3.8) is 0 Å². The predicted molar refractivity (Wildman–Crippen MR) is 82.2 cm³/mol. The Kier molecular flexibility index (Phi) is 7.77. The van der Waals surface area contributed by atoms with Gasteiger partial charge in [0.25, 0.3) is 0 Å². The Morgan fingerprint density at radius 2 is 1.53 bits per heavy atom. The van der Waals surface area contributed by atoms with E-state index in [4.69, 9.17) is 13.3 Å². The summed E-state index contributed by atoms with van der Waals surface area (Å²) in [7, 11) is -3.64. The molecular weight excluding hydrogens is 264 g/mol. The molecule has 0 amide bonds. The van der Waals surface area contributed by atoms with E-state index in [1.165, 1.54) is 0 Å². The molecule has 0 aromatic carbocycles. The van der Waals surface area contributed by atoms with Crippen LogP contribution in [0.15, 0.2) is 12.7 Å². The van der Waals surface area contributed by atoms with E-state index in [9.17, 15) is 0 Å². The van der Waals surface area contributed by atoms with E-state index in [0.29, 0.717) is 6.61 Å². The summed E-state index contributed by atoms with van der Waals surface area (Å²) in [5.74, 6) is 0. The van der Waals surface area contributed by atoms with E-state index in [0.717, 1.165) is 6.04 Å². The number of hydrogen-bond donors (Lipinski definition) is 0. The van der Waals surface area contributed by atoms with Gasteiger partial charge in [-0.3, -0.25) is 0 Å². The summed E-state index contributed by atoms with van der Waals surface area (Å²) in [6, 6.07) is 1.01. The van der Waals surface area contributed by atoms with Crippen LogP contribution in [0.25, 0.3) is 0 Å². The lowest BCUT2D eigenvalue weighted by atomic mass is 10.7. The molecule has 0 saturated carbocycles. The minimum atomic E-state index is -1.58. The molecule has 17 heavy (non-hydrogen) atoms. The normalized spacial score (nSPS) is 13.8. The molecule has 3 nitrogen and oxygen atoms in total. The third-order valence-electron chi connectivity index (χ3n) is 1.69. The maximum atomic E-state index is 6.02. The summed E-state index contributed by atoms with van der Waals surface area (Å²) < 4.78 is 17.7. The average Bonchev–Trinajstić information content (AvgIpc) is 2.06. The molecule has 0 aliphatic rings. The Morgan fingerprint density at radius 3 is 1.88 bits per heavy atom. The fourth-order valence-electron chi connectivity index (χ4n) is 1.23. The van der Waals surface area contributed by atoms with Gasteiger partial charge < -0.3 is 13.3 Å². The molecule has 0 aliphatic heterocycles. The SMILES string of the molecule is C=CC[SiH2]OCC(O[Si](C)(C)C)O[Si](C)(C)C. The van der Waals surface area contributed by atoms with Crippen molar-refractivity contribution in [1.82, 2.24) is 0 Å². The largest absolute Gasteiger partial charge is 0.419 e. The van der Waals surface area contributed by atoms with Crippen molar-refractivity contribution in [2.75, 3.05) is 6.61 Å². The number of allylic oxidation sites excluding steroid dienone is 1. The molecule has 0 aromatic heterocycles. The summed E-state index contributed by atoms with van der Waals surface area (Å²) in [6.45, 7) is 17.3. The van der Waals surface area contributed by atoms with E-state index in [-0.39, 0.29) is 6.29 Å². The van der Waals surface area contributed by atoms with E-state index >= 15 is 0 Å². The van der Waals surface area contributed by atoms with E-state index < -0.39 is 26.4 Å². The first-order valence-corrected chi connectivity index (χ1v) is 14.6. The lowest BCUT2D eigenvalue weighted by molar-refractivity contribution is -0.0389. The zero-order chi connectivity index (χ0) is 13.5. The Hall–Kier alpha value is 0.271. The van der Waals surface area contributed by atoms with Gasteiger partial charge in [-0.2, -0.15) is 0 Å². The fraction of sp³-hybridized carbons (Fsp3) is 0.818. The number of rotatable bonds is 9. The lowest BCUT2D eigenvalue weighted by Crippen LogP contribution is -2.42. The molecule has 0 saturated heterocycles. The van der Waals surface area contributed by atoms with Gasteiger partial charge in [0.15, 0.2) is 32.7 Å². The molecule has 0 unspecified atom stereocenters. The molecule has 0 spiro atoms. The van der Waals surface area contributed by atoms with Crippen LogP contribution in [-0.4, -0.2) is 39.3 Å². The monoisotopic (exact) mass is 292 g/mol. The fourth-order valence-corrected chi connectivity index (χ4v) is 3.83. The predicted octanol–water partition coefficient (Wildman–Crippen LogP) is 2.72. The van der Waals surface area contributed by atoms with Gasteiger partial charge in [-0.15, -0.1) is 6.58 Å². The van der Waals surface area contributed by atoms with Gasteiger partial charge in [-0.05, 0) is 45.3 Å². The van der Waals surface area contributed by atoms with Crippen LogP contribution >= 0.6 is 0 Å². The van der Waals surface area contributed by atoms with Crippen LogP contribution in [0, 0.1) is 0 Å². The molecule has 0 bridgehead atoms. The molecule has 6 heteroatoms. The van der Waals surface area contributed by atoms with Gasteiger partial charge in [0.1, 0.15) is 0 Å². The van der Waals surface area contributed by atoms with Gasteiger partial charge in [-0.1, -0.05) is 6.08 Å². The van der Waals surface area contributed by atoms with Gasteiger partial charge in [-0.25, -0.2) is 0 Å². The Morgan fingerprint density at radius 1 is 1.06 bits per heavy atom. The molecule has 0 heterocycles. The van der Waals surface area contributed by atoms with E-state index in [1.807, 2.05) is 6.08 Å². The van der Waals surface area contributed by atoms with Crippen molar-refractivity contribution >= 4 is 26.4 Å². The van der Waals surface area contributed by atoms with Gasteiger partial charge >= 0.3 is 0 Å². The van der Waals surface area contributed by atoms with Crippen molar-refractivity contribution in [2.45, 2.75) is 51.6 Å². The lowest BCUT2D eigenvalue weighted by Gasteiger charge is -2.31. The van der Waals surface area contributed by atoms with E-state index in [1.54, 1.807) is 0 Å². The maximum Gasteiger partial charge on any atom is 0.187 e. The van der Waals surface area contributed by atoms with Crippen LogP contribution in [-0.2, 0) is 13.3 Å². The summed E-state index contributed by atoms with van der Waals surface area (Å²) in [5.41, 5.74) is 0. The first-order valence-electron chi connectivity index (χ1n) is 6.18. The molecule has 0 fully saturated rings. The van der Waals surface area contributed by atoms with Crippen molar-refractivity contribution in [2.24, 2.45) is 0 Å². The minimum absolute atomic E-state index is 0.175. The quantitative estimate of drug-likeness (QED) is 0.283. The molecular formula is C11H28O3Si3. The van der Waals surface area contributed by atoms with Crippen LogP contribution in [0.4, 0.5) is 0 Å². The van der Waals surface area contributed by atoms with Crippen molar-refractivity contribution in [3.8, 4) is 0 Å². The summed E-state index contributed by atoms with van der Waals surface area (Å²) in [4.78, 5) is 0. The van der Waals surface area contributed by atoms with Crippen LogP contribution in [0.1, 0.15) is 0 Å². The maximum absolute atomic E-state index is 6.02. The highest BCUT2D eigenvalue weighted by Crippen LogP contribution is 2.14. The van der Waals surface area contributed by atoms with Crippen molar-refractivity contribution in [3.05, 3.63) is 12.7 Å². The zero-order valence-electron chi connectivity index (χ0n) is 12.2. The summed E-state index contributed by atoms with van der Waals surface area (Å²) in [6.07, 6.45) is 1.74. The van der Waals surface area contributed by atoms with Gasteiger partial charge in [0, 0.05) is 0 Å². The second-order valence-corrected chi connectivity index (χ2v) is 16.4.